The van der Waals surface area contributed by atoms with Crippen LogP contribution in [0.4, 0.5) is 0 Å². The Morgan fingerprint density at radius 3 is 0.898 bits per heavy atom. The average molecular weight is 1520 g/mol. The molecular formula is C100H152N4Si4+4. The van der Waals surface area contributed by atoms with E-state index in [4.69, 9.17) is 0 Å². The van der Waals surface area contributed by atoms with Gasteiger partial charge in [-0.25, -0.2) is 18.3 Å². The fourth-order valence-corrected chi connectivity index (χ4v) is 25.5. The van der Waals surface area contributed by atoms with Crippen molar-refractivity contribution in [2.24, 2.45) is 34.1 Å². The maximum Gasteiger partial charge on any atom is 0.212 e. The van der Waals surface area contributed by atoms with Gasteiger partial charge in [-0.15, -0.1) is 0 Å². The van der Waals surface area contributed by atoms with Crippen molar-refractivity contribution < 1.29 is 18.3 Å². The Balaban J connectivity index is 0.000000166. The Morgan fingerprint density at radius 2 is 0.620 bits per heavy atom. The van der Waals surface area contributed by atoms with Gasteiger partial charge in [-0.2, -0.15) is 0 Å². The number of rotatable bonds is 18. The van der Waals surface area contributed by atoms with Gasteiger partial charge in [0, 0.05) is 68.8 Å². The third-order valence-electron chi connectivity index (χ3n) is 25.4. The molecule has 0 amide bonds. The van der Waals surface area contributed by atoms with Gasteiger partial charge in [-0.1, -0.05) is 241 Å². The van der Waals surface area contributed by atoms with Crippen molar-refractivity contribution in [2.45, 2.75) is 331 Å². The Hall–Kier alpha value is -5.65. The van der Waals surface area contributed by atoms with Gasteiger partial charge in [0.25, 0.3) is 0 Å². The molecule has 0 atom stereocenters. The van der Waals surface area contributed by atoms with Crippen LogP contribution in [0.15, 0.2) is 122 Å². The van der Waals surface area contributed by atoms with Crippen molar-refractivity contribution >= 4 is 53.0 Å². The van der Waals surface area contributed by atoms with Gasteiger partial charge < -0.3 is 0 Å². The van der Waals surface area contributed by atoms with Crippen molar-refractivity contribution in [2.75, 3.05) is 0 Å². The predicted molar refractivity (Wildman–Crippen MR) is 483 cm³/mol. The highest BCUT2D eigenvalue weighted by Gasteiger charge is 2.37. The molecule has 108 heavy (non-hydrogen) atoms. The predicted octanol–water partition coefficient (Wildman–Crippen LogP) is 24.3. The second-order valence-electron chi connectivity index (χ2n) is 40.3. The van der Waals surface area contributed by atoms with E-state index in [1.807, 2.05) is 0 Å². The van der Waals surface area contributed by atoms with Crippen molar-refractivity contribution in [1.82, 2.24) is 0 Å². The fourth-order valence-electron chi connectivity index (χ4n) is 18.7. The maximum absolute atomic E-state index is 2.57. The molecule has 8 heteroatoms. The quantitative estimate of drug-likeness (QED) is 0.0601. The lowest BCUT2D eigenvalue weighted by Crippen LogP contribution is -2.45. The average Bonchev–Trinajstić information content (AvgIpc) is 1.25. The van der Waals surface area contributed by atoms with Crippen LogP contribution in [0.2, 0.25) is 78.6 Å². The smallest absolute Gasteiger partial charge is 0.201 e. The summed E-state index contributed by atoms with van der Waals surface area (Å²) in [5.41, 5.74) is 29.2. The van der Waals surface area contributed by atoms with Crippen LogP contribution in [0.1, 0.15) is 280 Å². The van der Waals surface area contributed by atoms with Crippen LogP contribution in [0.3, 0.4) is 0 Å². The van der Waals surface area contributed by atoms with Gasteiger partial charge in [0.1, 0.15) is 28.2 Å². The molecule has 4 fully saturated rings. The molecule has 0 N–H and O–H groups in total. The highest BCUT2D eigenvalue weighted by Crippen LogP contribution is 2.41. The van der Waals surface area contributed by atoms with Gasteiger partial charge in [0.05, 0.1) is 32.3 Å². The van der Waals surface area contributed by atoms with Crippen molar-refractivity contribution in [1.29, 1.82) is 0 Å². The van der Waals surface area contributed by atoms with Crippen molar-refractivity contribution in [3.63, 3.8) is 0 Å². The van der Waals surface area contributed by atoms with Crippen LogP contribution in [0.5, 0.6) is 0 Å². The van der Waals surface area contributed by atoms with E-state index < -0.39 is 32.3 Å². The van der Waals surface area contributed by atoms with Gasteiger partial charge >= 0.3 is 0 Å². The van der Waals surface area contributed by atoms with Crippen LogP contribution in [-0.2, 0) is 40.0 Å². The topological polar surface area (TPSA) is 15.5 Å². The monoisotopic (exact) mass is 1520 g/mol. The number of benzene rings is 4. The van der Waals surface area contributed by atoms with Gasteiger partial charge in [0.15, 0.2) is 24.8 Å². The molecule has 12 rings (SSSR count). The molecule has 0 spiro atoms. The second kappa shape index (κ2) is 36.0. The molecule has 0 radical (unpaired) electrons. The van der Waals surface area contributed by atoms with E-state index in [-0.39, 0.29) is 5.41 Å². The van der Waals surface area contributed by atoms with E-state index in [1.165, 1.54) is 205 Å². The summed E-state index contributed by atoms with van der Waals surface area (Å²) in [4.78, 5) is 0. The lowest BCUT2D eigenvalue weighted by Gasteiger charge is -2.24. The fraction of sp³-hybridized carbons (Fsp3) is 0.560. The Morgan fingerprint density at radius 1 is 0.352 bits per heavy atom. The molecule has 4 saturated carbocycles. The Bertz CT molecular complexity index is 4370. The van der Waals surface area contributed by atoms with Gasteiger partial charge in [0.2, 0.25) is 22.8 Å². The second-order valence-corrected chi connectivity index (χ2v) is 60.5. The van der Waals surface area contributed by atoms with Crippen LogP contribution in [0.25, 0.3) is 45.0 Å². The first-order valence-corrected chi connectivity index (χ1v) is 57.2. The Labute approximate surface area is 666 Å². The summed E-state index contributed by atoms with van der Waals surface area (Å²) in [6, 6.07) is 38.5. The molecule has 0 bridgehead atoms. The first-order chi connectivity index (χ1) is 50.6. The molecule has 8 aromatic rings. The van der Waals surface area contributed by atoms with Crippen LogP contribution >= 0.6 is 0 Å². The third kappa shape index (κ3) is 21.2. The number of hydrogen-bond donors (Lipinski definition) is 0. The molecule has 0 aliphatic heterocycles. The first kappa shape index (κ1) is 86.3. The minimum Gasteiger partial charge on any atom is -0.201 e. The first-order valence-electron chi connectivity index (χ1n) is 43.2. The normalized spacial score (nSPS) is 15.8. The zero-order valence-electron chi connectivity index (χ0n) is 74.3. The number of hydrogen-bond acceptors (Lipinski definition) is 0. The van der Waals surface area contributed by atoms with Crippen molar-refractivity contribution in [3.05, 3.63) is 189 Å². The third-order valence-corrected chi connectivity index (χ3v) is 33.6. The zero-order chi connectivity index (χ0) is 79.3. The summed E-state index contributed by atoms with van der Waals surface area (Å²) < 4.78 is 9.60. The molecule has 0 saturated heterocycles. The lowest BCUT2D eigenvalue weighted by molar-refractivity contribution is -0.660. The largest absolute Gasteiger partial charge is 0.212 e. The van der Waals surface area contributed by atoms with E-state index in [0.29, 0.717) is 17.8 Å². The van der Waals surface area contributed by atoms with Crippen molar-refractivity contribution in [3.8, 4) is 45.0 Å². The summed E-state index contributed by atoms with van der Waals surface area (Å²) in [7, 11) is 3.35. The summed E-state index contributed by atoms with van der Waals surface area (Å²) in [6.45, 7) is 59.8. The number of aromatic nitrogens is 4. The highest BCUT2D eigenvalue weighted by molar-refractivity contribution is 6.90. The number of aryl methyl sites for hydroxylation is 8. The molecule has 4 aliphatic rings. The SMILES string of the molecule is CCC(CC)c1ccc(C)c(-c2cc([Si](C)(C)C)c(C3CCCC3)c[n+]2C)c1.Cc1ccc(C(C)(C)C)cc1-c1cc([Si](C)(C)C)c(C2CCCC2)c[n+]1C.Cc1ccc(C(C)C)cc1-c1cc([Si](C)(C)C)c(C2CCCC2)c[n+]1C.Cc1ccc(CC(C)C)cc1-c1cc([Si](C)(C)C)c(C2CCCC2)c[n+]1C. The minimum absolute atomic E-state index is 0.173. The number of nitrogens with zero attached hydrogens (tertiary/aromatic N) is 4. The zero-order valence-corrected chi connectivity index (χ0v) is 78.3. The van der Waals surface area contributed by atoms with E-state index in [2.05, 4.69) is 337 Å². The highest BCUT2D eigenvalue weighted by atomic mass is 28.3. The summed E-state index contributed by atoms with van der Waals surface area (Å²) in [5.74, 6) is 5.03. The molecule has 4 aromatic heterocycles. The standard InChI is InChI=1S/C26H40NSi.2C25H38NSi.C24H36NSi/c1-8-20(9-2)22-15-14-19(3)23(16-22)25-17-26(28(5,6)7)24(18-27(25)4)21-12-10-11-13-21;1-18-13-14-20(25(2,3)4)15-21(18)23-16-24(27(6,7)8)22(17-26(23)5)19-11-9-10-12-19;1-18(2)14-20-13-12-19(3)22(15-20)24-16-25(27(5,6)7)23(17-26(24)4)21-10-8-9-11-21;1-17(2)20-13-12-18(3)21(14-20)23-15-24(26(5,6)7)22(16-25(23)4)19-10-8-9-11-19/h14-18,20-21H,8-13H2,1-7H3;13-17,19H,9-12H2,1-8H3;12-13,15-18,21H,8-11,14H2,1-7H3;12-17,19H,8-11H2,1-7H3/q4*+1. The summed E-state index contributed by atoms with van der Waals surface area (Å²) >= 11 is 0. The molecule has 4 aromatic carbocycles. The lowest BCUT2D eigenvalue weighted by atomic mass is 9.84. The van der Waals surface area contributed by atoms with E-state index >= 15 is 0 Å². The molecular weight excluding hydrogens is 1370 g/mol. The maximum atomic E-state index is 2.57. The van der Waals surface area contributed by atoms with E-state index in [1.54, 1.807) is 43.0 Å². The van der Waals surface area contributed by atoms with Crippen LogP contribution < -0.4 is 39.0 Å². The molecule has 0 unspecified atom stereocenters. The van der Waals surface area contributed by atoms with E-state index in [0.717, 1.165) is 30.1 Å². The molecule has 584 valence electrons. The number of pyridine rings is 4. The Kier molecular flexibility index (Phi) is 28.8. The molecule has 4 aliphatic carbocycles. The summed E-state index contributed by atoms with van der Waals surface area (Å²) in [5, 5.41) is 6.70. The molecule has 4 heterocycles. The van der Waals surface area contributed by atoms with Crippen LogP contribution in [0, 0.1) is 33.6 Å². The molecule has 4 nitrogen and oxygen atoms in total. The van der Waals surface area contributed by atoms with Crippen LogP contribution in [-0.4, -0.2) is 32.3 Å². The van der Waals surface area contributed by atoms with Gasteiger partial charge in [-0.3, -0.25) is 0 Å². The van der Waals surface area contributed by atoms with E-state index in [9.17, 15) is 0 Å². The minimum atomic E-state index is -1.41. The van der Waals surface area contributed by atoms with Gasteiger partial charge in [-0.05, 0) is 235 Å². The summed E-state index contributed by atoms with van der Waals surface area (Å²) in [6.07, 6.45) is 35.7.